The summed E-state index contributed by atoms with van der Waals surface area (Å²) < 4.78 is 0. The van der Waals surface area contributed by atoms with Crippen LogP contribution in [0.15, 0.2) is 59.6 Å². The van der Waals surface area contributed by atoms with E-state index in [2.05, 4.69) is 83.2 Å². The molecule has 2 aromatic carbocycles. The highest BCUT2D eigenvalue weighted by atomic mass is 127. The molecule has 2 N–H and O–H groups in total. The lowest BCUT2D eigenvalue weighted by Crippen LogP contribution is -2.37. The maximum atomic E-state index is 4.29. The summed E-state index contributed by atoms with van der Waals surface area (Å²) in [6.45, 7) is 2.59. The Morgan fingerprint density at radius 3 is 2.28 bits per heavy atom. The minimum absolute atomic E-state index is 0. The summed E-state index contributed by atoms with van der Waals surface area (Å²) in [5, 5.41) is 6.74. The van der Waals surface area contributed by atoms with Crippen LogP contribution >= 0.6 is 24.0 Å². The quantitative estimate of drug-likeness (QED) is 0.385. The molecule has 0 saturated heterocycles. The van der Waals surface area contributed by atoms with Crippen molar-refractivity contribution < 1.29 is 0 Å². The zero-order valence-electron chi connectivity index (χ0n) is 15.3. The second-order valence-electron chi connectivity index (χ2n) is 6.15. The molecule has 0 spiro atoms. The van der Waals surface area contributed by atoms with Gasteiger partial charge in [-0.15, -0.1) is 24.0 Å². The second kappa shape index (κ2) is 11.9. The topological polar surface area (TPSA) is 39.7 Å². The first-order valence-corrected chi connectivity index (χ1v) is 8.38. The molecule has 136 valence electrons. The smallest absolute Gasteiger partial charge is 0.191 e. The molecule has 0 amide bonds. The number of nitrogens with one attached hydrogen (secondary N) is 2. The van der Waals surface area contributed by atoms with E-state index >= 15 is 0 Å². The van der Waals surface area contributed by atoms with Crippen LogP contribution in [0.3, 0.4) is 0 Å². The molecule has 0 heterocycles. The monoisotopic (exact) mass is 452 g/mol. The minimum Gasteiger partial charge on any atom is -0.356 e. The van der Waals surface area contributed by atoms with Gasteiger partial charge in [-0.05, 0) is 37.2 Å². The molecule has 0 bridgehead atoms. The van der Waals surface area contributed by atoms with Crippen molar-refractivity contribution in [2.45, 2.75) is 19.5 Å². The molecule has 0 aliphatic rings. The summed E-state index contributed by atoms with van der Waals surface area (Å²) in [5.74, 6) is 0.837. The van der Waals surface area contributed by atoms with Crippen LogP contribution in [-0.2, 0) is 19.5 Å². The minimum atomic E-state index is 0. The fourth-order valence-corrected chi connectivity index (χ4v) is 2.58. The van der Waals surface area contributed by atoms with Gasteiger partial charge in [0.15, 0.2) is 5.96 Å². The maximum Gasteiger partial charge on any atom is 0.191 e. The Balaban J connectivity index is 0.00000312. The first kappa shape index (κ1) is 21.4. The van der Waals surface area contributed by atoms with Crippen LogP contribution in [0.5, 0.6) is 0 Å². The lowest BCUT2D eigenvalue weighted by Gasteiger charge is -2.14. The van der Waals surface area contributed by atoms with Crippen molar-refractivity contribution in [1.82, 2.24) is 15.5 Å². The molecule has 0 fully saturated rings. The predicted molar refractivity (Wildman–Crippen MR) is 118 cm³/mol. The lowest BCUT2D eigenvalue weighted by atomic mass is 10.1. The normalized spacial score (nSPS) is 11.1. The first-order valence-electron chi connectivity index (χ1n) is 8.38. The third-order valence-electron chi connectivity index (χ3n) is 3.72. The van der Waals surface area contributed by atoms with Gasteiger partial charge in [-0.1, -0.05) is 54.6 Å². The van der Waals surface area contributed by atoms with Gasteiger partial charge in [-0.25, -0.2) is 0 Å². The zero-order valence-corrected chi connectivity index (χ0v) is 17.7. The van der Waals surface area contributed by atoms with Gasteiger partial charge in [0.25, 0.3) is 0 Å². The average molecular weight is 452 g/mol. The van der Waals surface area contributed by atoms with Crippen molar-refractivity contribution in [2.24, 2.45) is 4.99 Å². The molecular formula is C20H29IN4. The largest absolute Gasteiger partial charge is 0.356 e. The highest BCUT2D eigenvalue weighted by molar-refractivity contribution is 14.0. The number of halogens is 1. The van der Waals surface area contributed by atoms with E-state index in [-0.39, 0.29) is 24.0 Å². The van der Waals surface area contributed by atoms with Crippen LogP contribution in [0.4, 0.5) is 0 Å². The van der Waals surface area contributed by atoms with Crippen LogP contribution < -0.4 is 10.6 Å². The summed E-state index contributed by atoms with van der Waals surface area (Å²) in [7, 11) is 5.98. The predicted octanol–water partition coefficient (Wildman–Crippen LogP) is 3.27. The Morgan fingerprint density at radius 1 is 0.920 bits per heavy atom. The summed E-state index contributed by atoms with van der Waals surface area (Å²) in [6.07, 6.45) is 0.986. The van der Waals surface area contributed by atoms with Crippen molar-refractivity contribution in [3.05, 3.63) is 71.3 Å². The van der Waals surface area contributed by atoms with Crippen LogP contribution in [0.1, 0.15) is 16.7 Å². The highest BCUT2D eigenvalue weighted by Crippen LogP contribution is 2.07. The fraction of sp³-hybridized carbons (Fsp3) is 0.350. The van der Waals surface area contributed by atoms with Crippen LogP contribution in [0, 0.1) is 0 Å². The van der Waals surface area contributed by atoms with Crippen LogP contribution in [-0.4, -0.2) is 38.5 Å². The Hall–Kier alpha value is -1.60. The molecule has 4 nitrogen and oxygen atoms in total. The fourth-order valence-electron chi connectivity index (χ4n) is 2.58. The van der Waals surface area contributed by atoms with Crippen molar-refractivity contribution in [3.8, 4) is 0 Å². The maximum absolute atomic E-state index is 4.29. The van der Waals surface area contributed by atoms with E-state index in [4.69, 9.17) is 0 Å². The third-order valence-corrected chi connectivity index (χ3v) is 3.72. The highest BCUT2D eigenvalue weighted by Gasteiger charge is 2.01. The van der Waals surface area contributed by atoms with Crippen molar-refractivity contribution in [2.75, 3.05) is 27.7 Å². The molecule has 0 radical (unpaired) electrons. The zero-order chi connectivity index (χ0) is 17.2. The van der Waals surface area contributed by atoms with E-state index in [1.807, 2.05) is 6.07 Å². The number of hydrogen-bond donors (Lipinski definition) is 2. The molecule has 25 heavy (non-hydrogen) atoms. The molecule has 0 saturated carbocycles. The number of aliphatic imine (C=N–C) groups is 1. The Kier molecular flexibility index (Phi) is 10.2. The molecule has 0 aliphatic heterocycles. The Morgan fingerprint density at radius 2 is 1.60 bits per heavy atom. The van der Waals surface area contributed by atoms with Gasteiger partial charge in [0.2, 0.25) is 0 Å². The Labute approximate surface area is 168 Å². The molecule has 0 unspecified atom stereocenters. The molecule has 2 rings (SSSR count). The summed E-state index contributed by atoms with van der Waals surface area (Å²) in [4.78, 5) is 6.47. The van der Waals surface area contributed by atoms with Crippen LogP contribution in [0.25, 0.3) is 0 Å². The van der Waals surface area contributed by atoms with Gasteiger partial charge < -0.3 is 15.5 Å². The van der Waals surface area contributed by atoms with Gasteiger partial charge in [0.1, 0.15) is 0 Å². The number of rotatable bonds is 7. The van der Waals surface area contributed by atoms with E-state index in [1.165, 1.54) is 16.7 Å². The number of hydrogen-bond acceptors (Lipinski definition) is 2. The standard InChI is InChI=1S/C20H28N4.HI/c1-21-20(22-13-12-17-8-5-4-6-9-17)23-15-18-10-7-11-19(14-18)16-24(2)3;/h4-11,14H,12-13,15-16H2,1-3H3,(H2,21,22,23);1H. The van der Waals surface area contributed by atoms with Crippen molar-refractivity contribution in [3.63, 3.8) is 0 Å². The summed E-state index contributed by atoms with van der Waals surface area (Å²) >= 11 is 0. The van der Waals surface area contributed by atoms with Gasteiger partial charge in [-0.2, -0.15) is 0 Å². The molecule has 5 heteroatoms. The average Bonchev–Trinajstić information content (AvgIpc) is 2.58. The summed E-state index contributed by atoms with van der Waals surface area (Å²) in [5.41, 5.74) is 3.92. The number of guanidine groups is 1. The molecule has 0 atom stereocenters. The third kappa shape index (κ3) is 8.36. The van der Waals surface area contributed by atoms with Gasteiger partial charge in [-0.3, -0.25) is 4.99 Å². The number of benzene rings is 2. The van der Waals surface area contributed by atoms with Crippen molar-refractivity contribution >= 4 is 29.9 Å². The molecule has 0 aromatic heterocycles. The number of nitrogens with zero attached hydrogens (tertiary/aromatic N) is 2. The van der Waals surface area contributed by atoms with E-state index in [0.717, 1.165) is 32.0 Å². The van der Waals surface area contributed by atoms with E-state index in [9.17, 15) is 0 Å². The lowest BCUT2D eigenvalue weighted by molar-refractivity contribution is 0.402. The van der Waals surface area contributed by atoms with E-state index < -0.39 is 0 Å². The first-order chi connectivity index (χ1) is 11.7. The van der Waals surface area contributed by atoms with Crippen LogP contribution in [0.2, 0.25) is 0 Å². The van der Waals surface area contributed by atoms with Gasteiger partial charge >= 0.3 is 0 Å². The van der Waals surface area contributed by atoms with E-state index in [1.54, 1.807) is 7.05 Å². The van der Waals surface area contributed by atoms with Gasteiger partial charge in [0.05, 0.1) is 0 Å². The molecule has 2 aromatic rings. The van der Waals surface area contributed by atoms with E-state index in [0.29, 0.717) is 0 Å². The van der Waals surface area contributed by atoms with Crippen molar-refractivity contribution in [1.29, 1.82) is 0 Å². The molecular weight excluding hydrogens is 423 g/mol. The SMILES string of the molecule is CN=C(NCCc1ccccc1)NCc1cccc(CN(C)C)c1.I. The van der Waals surface area contributed by atoms with Gasteiger partial charge in [0, 0.05) is 26.7 Å². The molecule has 0 aliphatic carbocycles. The second-order valence-corrected chi connectivity index (χ2v) is 6.15. The summed E-state index contributed by atoms with van der Waals surface area (Å²) in [6, 6.07) is 19.1. The Bertz CT molecular complexity index is 641.